The Morgan fingerprint density at radius 1 is 1.37 bits per heavy atom. The van der Waals surface area contributed by atoms with Gasteiger partial charge in [0.15, 0.2) is 0 Å². The predicted octanol–water partition coefficient (Wildman–Crippen LogP) is 0.875. The molecule has 0 radical (unpaired) electrons. The van der Waals surface area contributed by atoms with Crippen molar-refractivity contribution in [2.24, 2.45) is 12.1 Å². The van der Waals surface area contributed by atoms with Gasteiger partial charge in [0.2, 0.25) is 11.8 Å². The molecule has 1 aromatic heterocycles. The first-order chi connectivity index (χ1) is 12.8. The molecule has 2 heterocycles. The molecule has 9 heteroatoms. The summed E-state index contributed by atoms with van der Waals surface area (Å²) < 4.78 is 6.56. The largest absolute Gasteiger partial charge is 0.494 e. The van der Waals surface area contributed by atoms with Crippen molar-refractivity contribution < 1.29 is 14.6 Å². The molecule has 0 bridgehead atoms. The van der Waals surface area contributed by atoms with Crippen LogP contribution >= 0.6 is 0 Å². The Labute approximate surface area is 154 Å². The van der Waals surface area contributed by atoms with Gasteiger partial charge in [0.1, 0.15) is 11.3 Å². The average molecular weight is 372 g/mol. The maximum Gasteiger partial charge on any atom is 0.330 e. The highest BCUT2D eigenvalue weighted by Crippen LogP contribution is 2.37. The van der Waals surface area contributed by atoms with Crippen molar-refractivity contribution in [3.8, 4) is 11.6 Å². The van der Waals surface area contributed by atoms with Gasteiger partial charge >= 0.3 is 5.69 Å². The minimum absolute atomic E-state index is 0.125. The molecule has 2 aromatic rings. The first kappa shape index (κ1) is 18.4. The van der Waals surface area contributed by atoms with Gasteiger partial charge in [0.25, 0.3) is 5.56 Å². The van der Waals surface area contributed by atoms with E-state index in [1.54, 1.807) is 6.07 Å². The summed E-state index contributed by atoms with van der Waals surface area (Å²) in [6.45, 7) is 3.69. The van der Waals surface area contributed by atoms with E-state index in [0.717, 1.165) is 10.1 Å². The van der Waals surface area contributed by atoms with Gasteiger partial charge in [-0.2, -0.15) is 5.10 Å². The lowest BCUT2D eigenvalue weighted by atomic mass is 9.98. The van der Waals surface area contributed by atoms with Gasteiger partial charge in [-0.25, -0.2) is 9.80 Å². The highest BCUT2D eigenvalue weighted by atomic mass is 16.5. The van der Waals surface area contributed by atoms with Crippen molar-refractivity contribution in [2.45, 2.75) is 26.3 Å². The highest BCUT2D eigenvalue weighted by molar-refractivity contribution is 6.04. The number of aromatic hydroxyl groups is 1. The summed E-state index contributed by atoms with van der Waals surface area (Å²) in [4.78, 5) is 38.2. The van der Waals surface area contributed by atoms with Gasteiger partial charge in [-0.1, -0.05) is 18.2 Å². The molecule has 3 rings (SSSR count). The highest BCUT2D eigenvalue weighted by Gasteiger charge is 2.35. The Morgan fingerprint density at radius 2 is 2.07 bits per heavy atom. The van der Waals surface area contributed by atoms with E-state index in [9.17, 15) is 19.5 Å². The van der Waals surface area contributed by atoms with Crippen LogP contribution in [0, 0.1) is 0 Å². The Bertz CT molecular complexity index is 1040. The molecule has 1 aliphatic heterocycles. The second kappa shape index (κ2) is 7.10. The van der Waals surface area contributed by atoms with Crippen molar-refractivity contribution in [3.63, 3.8) is 0 Å². The number of aromatic nitrogens is 2. The van der Waals surface area contributed by atoms with Crippen molar-refractivity contribution in [3.05, 3.63) is 56.2 Å². The zero-order valence-electron chi connectivity index (χ0n) is 15.2. The van der Waals surface area contributed by atoms with Gasteiger partial charge in [-0.3, -0.25) is 19.1 Å². The molecule has 142 valence electrons. The third-order valence-corrected chi connectivity index (χ3v) is 4.39. The minimum Gasteiger partial charge on any atom is -0.494 e. The molecule has 1 atom stereocenters. The van der Waals surface area contributed by atoms with Crippen LogP contribution in [-0.2, 0) is 11.8 Å². The van der Waals surface area contributed by atoms with E-state index in [2.05, 4.69) is 10.1 Å². The van der Waals surface area contributed by atoms with Crippen LogP contribution in [0.15, 0.2) is 39.0 Å². The van der Waals surface area contributed by atoms with E-state index >= 15 is 0 Å². The van der Waals surface area contributed by atoms with Gasteiger partial charge < -0.3 is 9.84 Å². The molecule has 1 amide bonds. The fourth-order valence-electron chi connectivity index (χ4n) is 3.11. The molecule has 2 N–H and O–H groups in total. The smallest absolute Gasteiger partial charge is 0.330 e. The molecule has 9 nitrogen and oxygen atoms in total. The summed E-state index contributed by atoms with van der Waals surface area (Å²) >= 11 is 0. The Morgan fingerprint density at radius 3 is 2.74 bits per heavy atom. The van der Waals surface area contributed by atoms with Gasteiger partial charge in [-0.05, 0) is 13.0 Å². The number of benzene rings is 1. The summed E-state index contributed by atoms with van der Waals surface area (Å²) in [6, 6.07) is 6.79. The van der Waals surface area contributed by atoms with Crippen LogP contribution in [0.3, 0.4) is 0 Å². The molecular weight excluding hydrogens is 352 g/mol. The topological polar surface area (TPSA) is 117 Å². The van der Waals surface area contributed by atoms with Crippen LogP contribution in [0.25, 0.3) is 0 Å². The lowest BCUT2D eigenvalue weighted by Crippen LogP contribution is -2.32. The van der Waals surface area contributed by atoms with Crippen molar-refractivity contribution >= 4 is 11.6 Å². The molecule has 1 aromatic carbocycles. The summed E-state index contributed by atoms with van der Waals surface area (Å²) in [7, 11) is 1.33. The minimum atomic E-state index is -0.753. The Hall–Kier alpha value is -3.36. The number of nitrogens with zero attached hydrogens (tertiary/aromatic N) is 3. The number of hydrazone groups is 1. The number of ether oxygens (including phenoxy) is 1. The van der Waals surface area contributed by atoms with Crippen LogP contribution in [0.5, 0.6) is 11.6 Å². The number of amides is 1. The zero-order chi connectivity index (χ0) is 19.7. The van der Waals surface area contributed by atoms with Crippen LogP contribution in [0.2, 0.25) is 0 Å². The van der Waals surface area contributed by atoms with Gasteiger partial charge in [0.05, 0.1) is 18.4 Å². The van der Waals surface area contributed by atoms with E-state index in [0.29, 0.717) is 12.4 Å². The molecule has 1 aliphatic rings. The van der Waals surface area contributed by atoms with Crippen LogP contribution in [-0.4, -0.2) is 37.9 Å². The molecule has 0 aliphatic carbocycles. The number of aromatic amines is 1. The molecule has 0 spiro atoms. The third kappa shape index (κ3) is 3.23. The molecule has 0 saturated heterocycles. The monoisotopic (exact) mass is 372 g/mol. The number of hydrogen-bond donors (Lipinski definition) is 2. The van der Waals surface area contributed by atoms with Crippen LogP contribution in [0.4, 0.5) is 0 Å². The number of H-pyrrole nitrogens is 1. The lowest BCUT2D eigenvalue weighted by Gasteiger charge is -2.22. The first-order valence-corrected chi connectivity index (χ1v) is 8.46. The summed E-state index contributed by atoms with van der Waals surface area (Å²) in [5.41, 5.74) is -0.650. The van der Waals surface area contributed by atoms with E-state index < -0.39 is 23.2 Å². The number of hydrogen-bond acceptors (Lipinski definition) is 6. The number of rotatable bonds is 4. The molecule has 27 heavy (non-hydrogen) atoms. The maximum atomic E-state index is 12.3. The zero-order valence-corrected chi connectivity index (χ0v) is 15.2. The first-order valence-electron chi connectivity index (χ1n) is 8.46. The van der Waals surface area contributed by atoms with E-state index in [1.807, 2.05) is 25.1 Å². The maximum absolute atomic E-state index is 12.3. The van der Waals surface area contributed by atoms with Crippen molar-refractivity contribution in [1.82, 2.24) is 14.6 Å². The lowest BCUT2D eigenvalue weighted by molar-refractivity contribution is -0.130. The van der Waals surface area contributed by atoms with Gasteiger partial charge in [-0.15, -0.1) is 0 Å². The van der Waals surface area contributed by atoms with Crippen LogP contribution in [0.1, 0.15) is 37.4 Å². The second-order valence-corrected chi connectivity index (χ2v) is 6.12. The van der Waals surface area contributed by atoms with Crippen molar-refractivity contribution in [1.29, 1.82) is 0 Å². The van der Waals surface area contributed by atoms with E-state index in [4.69, 9.17) is 4.74 Å². The third-order valence-electron chi connectivity index (χ3n) is 4.39. The fourth-order valence-corrected chi connectivity index (χ4v) is 3.11. The van der Waals surface area contributed by atoms with Crippen molar-refractivity contribution in [2.75, 3.05) is 6.61 Å². The van der Waals surface area contributed by atoms with E-state index in [-0.39, 0.29) is 23.6 Å². The molecule has 0 fully saturated rings. The Balaban J connectivity index is 2.10. The molecular formula is C18H20N4O5. The van der Waals surface area contributed by atoms with Crippen LogP contribution < -0.4 is 16.0 Å². The number of para-hydroxylation sites is 1. The normalized spacial score (nSPS) is 16.3. The average Bonchev–Trinajstić information content (AvgIpc) is 3.05. The predicted molar refractivity (Wildman–Crippen MR) is 98.0 cm³/mol. The summed E-state index contributed by atoms with van der Waals surface area (Å²) in [5, 5.41) is 15.8. The summed E-state index contributed by atoms with van der Waals surface area (Å²) in [5.74, 6) is -0.196. The SMILES string of the molecule is CCOc1ccccc1C1CC(c2c(O)n(C)c(=O)[nH]c2=O)=NN1C(C)=O. The van der Waals surface area contributed by atoms with Gasteiger partial charge in [0, 0.05) is 26.0 Å². The van der Waals surface area contributed by atoms with E-state index in [1.165, 1.54) is 19.0 Å². The fraction of sp³-hybridized carbons (Fsp3) is 0.333. The number of carbonyl (C=O) groups is 1. The number of carbonyl (C=O) groups excluding carboxylic acids is 1. The molecule has 0 saturated carbocycles. The Kier molecular flexibility index (Phi) is 4.85. The number of nitrogens with one attached hydrogen (secondary N) is 1. The summed E-state index contributed by atoms with van der Waals surface area (Å²) in [6.07, 6.45) is 0.193. The standard InChI is InChI=1S/C18H20N4O5/c1-4-27-14-8-6-5-7-11(14)13-9-12(20-22(13)10(2)23)15-16(24)19-18(26)21(3)17(15)25/h5-8,13,25H,4,9H2,1-3H3,(H,19,24,26). The molecule has 1 unspecified atom stereocenters. The quantitative estimate of drug-likeness (QED) is 0.826. The second-order valence-electron chi connectivity index (χ2n) is 6.12.